The highest BCUT2D eigenvalue weighted by atomic mass is 32.2. The van der Waals surface area contributed by atoms with Crippen LogP contribution in [0.3, 0.4) is 0 Å². The number of ether oxygens (including phenoxy) is 1. The zero-order valence-corrected chi connectivity index (χ0v) is 16.9. The molecular formula is C19H27N3O2S2. The van der Waals surface area contributed by atoms with E-state index in [-0.39, 0.29) is 5.91 Å². The van der Waals surface area contributed by atoms with Crippen molar-refractivity contribution in [3.63, 3.8) is 0 Å². The van der Waals surface area contributed by atoms with Crippen molar-refractivity contribution < 1.29 is 9.53 Å². The van der Waals surface area contributed by atoms with Gasteiger partial charge in [-0.1, -0.05) is 73.9 Å². The predicted molar refractivity (Wildman–Crippen MR) is 109 cm³/mol. The van der Waals surface area contributed by atoms with Gasteiger partial charge >= 0.3 is 0 Å². The summed E-state index contributed by atoms with van der Waals surface area (Å²) in [6, 6.07) is 9.81. The van der Waals surface area contributed by atoms with Crippen molar-refractivity contribution in [3.8, 4) is 5.75 Å². The molecule has 1 heterocycles. The number of rotatable bonds is 13. The number of hydrogen-bond acceptors (Lipinski definition) is 6. The summed E-state index contributed by atoms with van der Waals surface area (Å²) in [5.41, 5.74) is 0. The molecule has 7 heteroatoms. The van der Waals surface area contributed by atoms with Crippen LogP contribution >= 0.6 is 23.1 Å². The molecular weight excluding hydrogens is 366 g/mol. The molecule has 1 aromatic heterocycles. The van der Waals surface area contributed by atoms with E-state index in [2.05, 4.69) is 22.4 Å². The number of unbranched alkanes of at least 4 members (excludes halogenated alkanes) is 4. The Labute approximate surface area is 163 Å². The Morgan fingerprint density at radius 1 is 1.12 bits per heavy atom. The van der Waals surface area contributed by atoms with E-state index in [1.165, 1.54) is 30.6 Å². The molecule has 0 saturated carbocycles. The summed E-state index contributed by atoms with van der Waals surface area (Å²) in [6.45, 7) is 2.87. The van der Waals surface area contributed by atoms with Gasteiger partial charge in [-0.3, -0.25) is 4.79 Å². The fourth-order valence-electron chi connectivity index (χ4n) is 2.31. The van der Waals surface area contributed by atoms with Crippen LogP contribution in [0.4, 0.5) is 5.13 Å². The number of hydrogen-bond donors (Lipinski definition) is 1. The van der Waals surface area contributed by atoms with Crippen LogP contribution in [0.15, 0.2) is 34.7 Å². The highest BCUT2D eigenvalue weighted by molar-refractivity contribution is 8.01. The fourth-order valence-corrected chi connectivity index (χ4v) is 4.07. The number of carbonyl (C=O) groups excluding carboxylic acids is 1. The van der Waals surface area contributed by atoms with Crippen LogP contribution in [0.1, 0.15) is 51.9 Å². The molecule has 142 valence electrons. The molecule has 0 fully saturated rings. The lowest BCUT2D eigenvalue weighted by molar-refractivity contribution is -0.116. The number of para-hydroxylation sites is 1. The van der Waals surface area contributed by atoms with Gasteiger partial charge in [0.15, 0.2) is 4.34 Å². The molecule has 1 amide bonds. The molecule has 0 aliphatic heterocycles. The van der Waals surface area contributed by atoms with Crippen molar-refractivity contribution in [1.29, 1.82) is 0 Å². The van der Waals surface area contributed by atoms with Crippen molar-refractivity contribution in [2.24, 2.45) is 0 Å². The Balaban J connectivity index is 1.56. The van der Waals surface area contributed by atoms with Crippen molar-refractivity contribution in [2.75, 3.05) is 17.7 Å². The van der Waals surface area contributed by atoms with Gasteiger partial charge in [-0.25, -0.2) is 0 Å². The third-order valence-electron chi connectivity index (χ3n) is 3.69. The lowest BCUT2D eigenvalue weighted by Crippen LogP contribution is -2.10. The zero-order chi connectivity index (χ0) is 18.5. The number of anilines is 1. The molecule has 26 heavy (non-hydrogen) atoms. The first-order valence-corrected chi connectivity index (χ1v) is 11.0. The maximum atomic E-state index is 11.9. The van der Waals surface area contributed by atoms with E-state index < -0.39 is 0 Å². The first-order chi connectivity index (χ1) is 12.8. The number of carbonyl (C=O) groups is 1. The molecule has 0 aliphatic rings. The predicted octanol–water partition coefficient (Wildman–Crippen LogP) is 5.40. The van der Waals surface area contributed by atoms with Gasteiger partial charge in [0.25, 0.3) is 0 Å². The van der Waals surface area contributed by atoms with Crippen molar-refractivity contribution in [1.82, 2.24) is 10.2 Å². The number of thioether (sulfide) groups is 1. The SMILES string of the molecule is CCCCCCCC(=O)Nc1nnc(SCCCOc2ccccc2)s1. The Hall–Kier alpha value is -1.60. The average Bonchev–Trinajstić information content (AvgIpc) is 3.09. The highest BCUT2D eigenvalue weighted by Gasteiger charge is 2.08. The summed E-state index contributed by atoms with van der Waals surface area (Å²) in [4.78, 5) is 11.9. The van der Waals surface area contributed by atoms with E-state index in [0.717, 1.165) is 35.1 Å². The normalized spacial score (nSPS) is 10.7. The van der Waals surface area contributed by atoms with E-state index in [1.807, 2.05) is 30.3 Å². The van der Waals surface area contributed by atoms with Gasteiger partial charge in [-0.2, -0.15) is 0 Å². The van der Waals surface area contributed by atoms with E-state index in [4.69, 9.17) is 4.74 Å². The summed E-state index contributed by atoms with van der Waals surface area (Å²) >= 11 is 3.07. The standard InChI is InChI=1S/C19H27N3O2S2/c1-2-3-4-5-9-13-17(23)20-18-21-22-19(26-18)25-15-10-14-24-16-11-7-6-8-12-16/h6-8,11-12H,2-5,9-10,13-15H2,1H3,(H,20,21,23). The Morgan fingerprint density at radius 3 is 2.73 bits per heavy atom. The molecule has 2 rings (SSSR count). The van der Waals surface area contributed by atoms with Crippen LogP contribution in [-0.4, -0.2) is 28.5 Å². The molecule has 1 aromatic carbocycles. The second-order valence-electron chi connectivity index (χ2n) is 5.95. The van der Waals surface area contributed by atoms with E-state index >= 15 is 0 Å². The molecule has 0 unspecified atom stereocenters. The molecule has 0 atom stereocenters. The first kappa shape index (κ1) is 20.7. The molecule has 0 spiro atoms. The van der Waals surface area contributed by atoms with E-state index in [0.29, 0.717) is 18.2 Å². The van der Waals surface area contributed by atoms with Gasteiger partial charge in [0.1, 0.15) is 5.75 Å². The molecule has 0 bridgehead atoms. The maximum Gasteiger partial charge on any atom is 0.226 e. The number of amides is 1. The third kappa shape index (κ3) is 8.67. The second kappa shape index (κ2) is 12.7. The van der Waals surface area contributed by atoms with Gasteiger partial charge in [0, 0.05) is 12.2 Å². The lowest BCUT2D eigenvalue weighted by Gasteiger charge is -2.04. The summed E-state index contributed by atoms with van der Waals surface area (Å²) in [6.07, 6.45) is 7.21. The number of benzene rings is 1. The van der Waals surface area contributed by atoms with Crippen LogP contribution in [0.2, 0.25) is 0 Å². The topological polar surface area (TPSA) is 64.1 Å². The van der Waals surface area contributed by atoms with E-state index in [1.54, 1.807) is 11.8 Å². The largest absolute Gasteiger partial charge is 0.494 e. The molecule has 0 aliphatic carbocycles. The smallest absolute Gasteiger partial charge is 0.226 e. The van der Waals surface area contributed by atoms with Gasteiger partial charge in [0.05, 0.1) is 6.61 Å². The van der Waals surface area contributed by atoms with Crippen LogP contribution in [0.25, 0.3) is 0 Å². The van der Waals surface area contributed by atoms with Crippen LogP contribution in [0.5, 0.6) is 5.75 Å². The van der Waals surface area contributed by atoms with Crippen molar-refractivity contribution >= 4 is 34.1 Å². The fraction of sp³-hybridized carbons (Fsp3) is 0.526. The van der Waals surface area contributed by atoms with Crippen molar-refractivity contribution in [2.45, 2.75) is 56.2 Å². The minimum absolute atomic E-state index is 0.0328. The Kier molecular flexibility index (Phi) is 10.1. The number of nitrogens with zero attached hydrogens (tertiary/aromatic N) is 2. The summed E-state index contributed by atoms with van der Waals surface area (Å²) in [7, 11) is 0. The van der Waals surface area contributed by atoms with Gasteiger partial charge in [-0.15, -0.1) is 10.2 Å². The zero-order valence-electron chi connectivity index (χ0n) is 15.3. The minimum Gasteiger partial charge on any atom is -0.494 e. The third-order valence-corrected chi connectivity index (χ3v) is 5.74. The second-order valence-corrected chi connectivity index (χ2v) is 8.27. The monoisotopic (exact) mass is 393 g/mol. The quantitative estimate of drug-likeness (QED) is 0.280. The van der Waals surface area contributed by atoms with Gasteiger partial charge < -0.3 is 10.1 Å². The summed E-state index contributed by atoms with van der Waals surface area (Å²) < 4.78 is 6.54. The van der Waals surface area contributed by atoms with Gasteiger partial charge in [-0.05, 0) is 25.0 Å². The van der Waals surface area contributed by atoms with Crippen LogP contribution in [0, 0.1) is 0 Å². The molecule has 1 N–H and O–H groups in total. The molecule has 5 nitrogen and oxygen atoms in total. The number of aromatic nitrogens is 2. The molecule has 2 aromatic rings. The number of nitrogens with one attached hydrogen (secondary N) is 1. The lowest BCUT2D eigenvalue weighted by atomic mass is 10.1. The van der Waals surface area contributed by atoms with Crippen molar-refractivity contribution in [3.05, 3.63) is 30.3 Å². The Bertz CT molecular complexity index is 635. The van der Waals surface area contributed by atoms with Crippen LogP contribution < -0.4 is 10.1 Å². The first-order valence-electron chi connectivity index (χ1n) is 9.22. The highest BCUT2D eigenvalue weighted by Crippen LogP contribution is 2.26. The van der Waals surface area contributed by atoms with Gasteiger partial charge in [0.2, 0.25) is 11.0 Å². The average molecular weight is 394 g/mol. The summed E-state index contributed by atoms with van der Waals surface area (Å²) in [5.74, 6) is 1.84. The van der Waals surface area contributed by atoms with Crippen LogP contribution in [-0.2, 0) is 4.79 Å². The molecule has 0 radical (unpaired) electrons. The minimum atomic E-state index is 0.0328. The Morgan fingerprint density at radius 2 is 1.92 bits per heavy atom. The summed E-state index contributed by atoms with van der Waals surface area (Å²) in [5, 5.41) is 11.6. The van der Waals surface area contributed by atoms with E-state index in [9.17, 15) is 4.79 Å². The molecule has 0 saturated heterocycles. The maximum absolute atomic E-state index is 11.9.